The second kappa shape index (κ2) is 11.9. The lowest BCUT2D eigenvalue weighted by Gasteiger charge is -2.40. The zero-order chi connectivity index (χ0) is 26.5. The van der Waals surface area contributed by atoms with Gasteiger partial charge in [0.2, 0.25) is 17.6 Å². The van der Waals surface area contributed by atoms with Crippen LogP contribution in [0.5, 0.6) is 0 Å². The van der Waals surface area contributed by atoms with E-state index in [2.05, 4.69) is 20.7 Å². The Morgan fingerprint density at radius 1 is 1.03 bits per heavy atom. The predicted octanol–water partition coefficient (Wildman–Crippen LogP) is 4.73. The Bertz CT molecular complexity index is 1230. The fourth-order valence-electron chi connectivity index (χ4n) is 5.69. The molecule has 0 unspecified atom stereocenters. The van der Waals surface area contributed by atoms with E-state index in [0.29, 0.717) is 17.1 Å². The molecule has 0 radical (unpaired) electrons. The summed E-state index contributed by atoms with van der Waals surface area (Å²) in [6.07, 6.45) is 9.87. The van der Waals surface area contributed by atoms with E-state index in [1.54, 1.807) is 23.1 Å². The molecule has 38 heavy (non-hydrogen) atoms. The minimum atomic E-state index is -0.871. The molecule has 2 amide bonds. The minimum Gasteiger partial charge on any atom is -0.458 e. The molecular weight excluding hydrogens is 487 g/mol. The lowest BCUT2D eigenvalue weighted by Crippen LogP contribution is -2.52. The number of aromatic nitrogens is 4. The summed E-state index contributed by atoms with van der Waals surface area (Å²) in [5.74, 6) is 0.609. The first-order chi connectivity index (χ1) is 18.5. The zero-order valence-electron chi connectivity index (χ0n) is 21.8. The van der Waals surface area contributed by atoms with Crippen LogP contribution in [0.1, 0.15) is 81.6 Å². The van der Waals surface area contributed by atoms with E-state index in [9.17, 15) is 14.0 Å². The van der Waals surface area contributed by atoms with E-state index in [0.717, 1.165) is 63.5 Å². The highest BCUT2D eigenvalue weighted by Crippen LogP contribution is 2.32. The van der Waals surface area contributed by atoms with Crippen molar-refractivity contribution in [1.29, 1.82) is 0 Å². The van der Waals surface area contributed by atoms with Crippen LogP contribution in [0.4, 0.5) is 4.39 Å². The van der Waals surface area contributed by atoms with E-state index in [1.165, 1.54) is 23.4 Å². The largest absolute Gasteiger partial charge is 0.458 e. The van der Waals surface area contributed by atoms with Crippen LogP contribution in [0, 0.1) is 12.7 Å². The summed E-state index contributed by atoms with van der Waals surface area (Å²) in [7, 11) is 0. The SMILES string of the molecule is Cc1ccc(-c2nnn(CC(=O)N(C3CCCCC3)[C@H](C(=O)NC3CCCCC3)c3ccc(F)cc3)n2)o1. The monoisotopic (exact) mass is 522 g/mol. The van der Waals surface area contributed by atoms with Gasteiger partial charge >= 0.3 is 0 Å². The molecule has 2 fully saturated rings. The van der Waals surface area contributed by atoms with Gasteiger partial charge in [-0.05, 0) is 67.6 Å². The second-order valence-electron chi connectivity index (χ2n) is 10.4. The van der Waals surface area contributed by atoms with Gasteiger partial charge in [0, 0.05) is 12.1 Å². The summed E-state index contributed by atoms with van der Waals surface area (Å²) in [5, 5.41) is 15.7. The van der Waals surface area contributed by atoms with E-state index >= 15 is 0 Å². The molecule has 10 heteroatoms. The highest BCUT2D eigenvalue weighted by Gasteiger charge is 2.38. The Morgan fingerprint density at radius 3 is 2.37 bits per heavy atom. The van der Waals surface area contributed by atoms with Crippen molar-refractivity contribution in [2.24, 2.45) is 0 Å². The van der Waals surface area contributed by atoms with Crippen LogP contribution in [0.2, 0.25) is 0 Å². The number of hydrogen-bond donors (Lipinski definition) is 1. The number of aryl methyl sites for hydroxylation is 1. The molecule has 1 atom stereocenters. The molecule has 0 saturated heterocycles. The summed E-state index contributed by atoms with van der Waals surface area (Å²) >= 11 is 0. The third-order valence-electron chi connectivity index (χ3n) is 7.61. The molecule has 0 aliphatic heterocycles. The van der Waals surface area contributed by atoms with E-state index in [4.69, 9.17) is 4.42 Å². The maximum Gasteiger partial charge on any atom is 0.247 e. The number of carbonyl (C=O) groups is 2. The molecule has 1 N–H and O–H groups in total. The molecule has 2 saturated carbocycles. The molecule has 3 aromatic rings. The fraction of sp³-hybridized carbons (Fsp3) is 0.536. The summed E-state index contributed by atoms with van der Waals surface area (Å²) in [5.41, 5.74) is 0.594. The number of nitrogens with one attached hydrogen (secondary N) is 1. The molecule has 1 aromatic carbocycles. The molecule has 2 aliphatic rings. The number of nitrogens with zero attached hydrogens (tertiary/aromatic N) is 5. The lowest BCUT2D eigenvalue weighted by atomic mass is 9.90. The molecule has 2 heterocycles. The normalized spacial score (nSPS) is 17.7. The van der Waals surface area contributed by atoms with Crippen LogP contribution in [-0.4, -0.2) is 49.0 Å². The average Bonchev–Trinajstić information content (AvgIpc) is 3.57. The van der Waals surface area contributed by atoms with Crippen molar-refractivity contribution in [3.63, 3.8) is 0 Å². The maximum absolute atomic E-state index is 14.0. The molecule has 5 rings (SSSR count). The van der Waals surface area contributed by atoms with E-state index in [1.807, 2.05) is 13.0 Å². The molecule has 0 spiro atoms. The first-order valence-electron chi connectivity index (χ1n) is 13.7. The van der Waals surface area contributed by atoms with Crippen LogP contribution in [0.25, 0.3) is 11.6 Å². The average molecular weight is 523 g/mol. The molecule has 0 bridgehead atoms. The Hall–Kier alpha value is -3.56. The Balaban J connectivity index is 1.44. The Labute approximate surface area is 221 Å². The number of benzene rings is 1. The first-order valence-corrected chi connectivity index (χ1v) is 13.7. The van der Waals surface area contributed by atoms with Crippen molar-refractivity contribution >= 4 is 11.8 Å². The van der Waals surface area contributed by atoms with Crippen molar-refractivity contribution in [2.45, 2.75) is 95.8 Å². The van der Waals surface area contributed by atoms with Gasteiger partial charge in [0.15, 0.2) is 5.76 Å². The van der Waals surface area contributed by atoms with Crippen LogP contribution in [-0.2, 0) is 16.1 Å². The molecule has 202 valence electrons. The van der Waals surface area contributed by atoms with Gasteiger partial charge in [-0.2, -0.15) is 4.80 Å². The van der Waals surface area contributed by atoms with Gasteiger partial charge in [-0.3, -0.25) is 9.59 Å². The minimum absolute atomic E-state index is 0.0822. The van der Waals surface area contributed by atoms with Crippen molar-refractivity contribution in [1.82, 2.24) is 30.4 Å². The number of tetrazole rings is 1. The predicted molar refractivity (Wildman–Crippen MR) is 138 cm³/mol. The Morgan fingerprint density at radius 2 is 1.71 bits per heavy atom. The van der Waals surface area contributed by atoms with Crippen LogP contribution in [0.3, 0.4) is 0 Å². The number of hydrogen-bond acceptors (Lipinski definition) is 6. The first kappa shape index (κ1) is 26.1. The van der Waals surface area contributed by atoms with Crippen molar-refractivity contribution < 1.29 is 18.4 Å². The smallest absolute Gasteiger partial charge is 0.247 e. The highest BCUT2D eigenvalue weighted by molar-refractivity contribution is 5.89. The number of carbonyl (C=O) groups excluding carboxylic acids is 2. The van der Waals surface area contributed by atoms with Gasteiger partial charge in [-0.1, -0.05) is 50.7 Å². The third-order valence-corrected chi connectivity index (χ3v) is 7.61. The van der Waals surface area contributed by atoms with Crippen molar-refractivity contribution in [3.05, 3.63) is 53.5 Å². The number of rotatable bonds is 8. The Kier molecular flexibility index (Phi) is 8.14. The van der Waals surface area contributed by atoms with E-state index in [-0.39, 0.29) is 36.3 Å². The van der Waals surface area contributed by atoms with Crippen molar-refractivity contribution in [2.75, 3.05) is 0 Å². The fourth-order valence-corrected chi connectivity index (χ4v) is 5.69. The maximum atomic E-state index is 14.0. The third kappa shape index (κ3) is 6.11. The lowest BCUT2D eigenvalue weighted by molar-refractivity contribution is -0.145. The zero-order valence-corrected chi connectivity index (χ0v) is 21.8. The number of furan rings is 1. The number of amides is 2. The van der Waals surface area contributed by atoms with Crippen LogP contribution < -0.4 is 5.32 Å². The quantitative estimate of drug-likeness (QED) is 0.458. The summed E-state index contributed by atoms with van der Waals surface area (Å²) in [6.45, 7) is 1.66. The van der Waals surface area contributed by atoms with Gasteiger partial charge in [-0.15, -0.1) is 10.2 Å². The van der Waals surface area contributed by atoms with Gasteiger partial charge in [0.1, 0.15) is 24.2 Å². The van der Waals surface area contributed by atoms with Gasteiger partial charge in [-0.25, -0.2) is 4.39 Å². The van der Waals surface area contributed by atoms with Gasteiger partial charge in [0.25, 0.3) is 0 Å². The molecular formula is C28H35FN6O3. The van der Waals surface area contributed by atoms with Gasteiger partial charge < -0.3 is 14.6 Å². The van der Waals surface area contributed by atoms with Crippen LogP contribution >= 0.6 is 0 Å². The molecule has 2 aliphatic carbocycles. The summed E-state index contributed by atoms with van der Waals surface area (Å²) in [6, 6.07) is 8.56. The van der Waals surface area contributed by atoms with Crippen LogP contribution in [0.15, 0.2) is 40.8 Å². The van der Waals surface area contributed by atoms with Crippen molar-refractivity contribution in [3.8, 4) is 11.6 Å². The molecule has 9 nitrogen and oxygen atoms in total. The van der Waals surface area contributed by atoms with E-state index < -0.39 is 6.04 Å². The summed E-state index contributed by atoms with van der Waals surface area (Å²) in [4.78, 5) is 30.8. The number of halogens is 1. The molecule has 2 aromatic heterocycles. The standard InChI is InChI=1S/C28H35FN6O3/c1-19-12-17-24(38-19)27-31-33-34(32-27)18-25(36)35(23-10-6-3-7-11-23)26(20-13-15-21(29)16-14-20)28(37)30-22-8-4-2-5-9-22/h12-17,22-23,26H,2-11,18H2,1H3,(H,30,37)/t26-/m0/s1. The topological polar surface area (TPSA) is 106 Å². The second-order valence-corrected chi connectivity index (χ2v) is 10.4. The summed E-state index contributed by atoms with van der Waals surface area (Å²) < 4.78 is 19.4. The highest BCUT2D eigenvalue weighted by atomic mass is 19.1. The van der Waals surface area contributed by atoms with Gasteiger partial charge in [0.05, 0.1) is 0 Å².